The number of nitrogens with two attached hydrogens (primary N) is 1. The Bertz CT molecular complexity index is 266. The molecular weight excluding hydrogens is 130 g/mol. The van der Waals surface area contributed by atoms with Crippen LogP contribution in [0.2, 0.25) is 0 Å². The van der Waals surface area contributed by atoms with Gasteiger partial charge in [-0.1, -0.05) is 0 Å². The summed E-state index contributed by atoms with van der Waals surface area (Å²) in [6.07, 6.45) is 1.50. The number of pyridine rings is 1. The van der Waals surface area contributed by atoms with E-state index >= 15 is 0 Å². The molecule has 1 aromatic rings. The monoisotopic (exact) mass is 135 g/mol. The summed E-state index contributed by atoms with van der Waals surface area (Å²) < 4.78 is 0. The summed E-state index contributed by atoms with van der Waals surface area (Å²) in [6, 6.07) is 5.10. The molecule has 4 nitrogen and oxygen atoms in total. The van der Waals surface area contributed by atoms with Crippen LogP contribution in [0, 0.1) is 11.3 Å². The highest BCUT2D eigenvalue weighted by atomic mass is 16.6. The number of rotatable bonds is 1. The molecule has 0 saturated heterocycles. The average Bonchev–Trinajstić information content (AvgIpc) is 2.04. The summed E-state index contributed by atoms with van der Waals surface area (Å²) in [7, 11) is 0. The van der Waals surface area contributed by atoms with Crippen molar-refractivity contribution in [1.29, 1.82) is 5.26 Å². The summed E-state index contributed by atoms with van der Waals surface area (Å²) in [6.45, 7) is 0. The van der Waals surface area contributed by atoms with Crippen LogP contribution in [0.5, 0.6) is 5.88 Å². The van der Waals surface area contributed by atoms with Crippen LogP contribution in [-0.4, -0.2) is 4.98 Å². The Labute approximate surface area is 57.8 Å². The maximum Gasteiger partial charge on any atom is 0.255 e. The van der Waals surface area contributed by atoms with Crippen LogP contribution in [-0.2, 0) is 0 Å². The normalized spacial score (nSPS) is 8.40. The van der Waals surface area contributed by atoms with Gasteiger partial charge < -0.3 is 4.84 Å². The van der Waals surface area contributed by atoms with Crippen molar-refractivity contribution in [3.63, 3.8) is 0 Å². The van der Waals surface area contributed by atoms with Crippen LogP contribution in [0.4, 0.5) is 0 Å². The van der Waals surface area contributed by atoms with Gasteiger partial charge >= 0.3 is 0 Å². The quantitative estimate of drug-likeness (QED) is 0.558. The fraction of sp³-hybridized carbons (Fsp3) is 0. The molecule has 0 radical (unpaired) electrons. The molecule has 0 spiro atoms. The van der Waals surface area contributed by atoms with Gasteiger partial charge in [0.05, 0.1) is 0 Å². The molecule has 0 unspecified atom stereocenters. The van der Waals surface area contributed by atoms with Crippen molar-refractivity contribution in [1.82, 2.24) is 4.98 Å². The second-order valence-corrected chi connectivity index (χ2v) is 1.59. The first-order valence-corrected chi connectivity index (χ1v) is 2.60. The Balaban J connectivity index is 3.12. The van der Waals surface area contributed by atoms with Gasteiger partial charge in [-0.2, -0.15) is 11.2 Å². The van der Waals surface area contributed by atoms with Gasteiger partial charge in [-0.3, -0.25) is 0 Å². The van der Waals surface area contributed by atoms with E-state index in [1.165, 1.54) is 6.20 Å². The lowest BCUT2D eigenvalue weighted by Crippen LogP contribution is -2.04. The Morgan fingerprint density at radius 3 is 3.00 bits per heavy atom. The fourth-order valence-electron chi connectivity index (χ4n) is 0.570. The number of nitrogens with zero attached hydrogens (tertiary/aromatic N) is 2. The van der Waals surface area contributed by atoms with E-state index in [1.807, 2.05) is 6.07 Å². The first kappa shape index (κ1) is 6.52. The Hall–Kier alpha value is -1.60. The van der Waals surface area contributed by atoms with E-state index < -0.39 is 0 Å². The molecular formula is C6H5N3O. The molecule has 0 aliphatic rings. The molecule has 0 atom stereocenters. The molecule has 0 amide bonds. The fourth-order valence-corrected chi connectivity index (χ4v) is 0.570. The molecule has 0 aromatic carbocycles. The van der Waals surface area contributed by atoms with E-state index in [0.717, 1.165) is 0 Å². The van der Waals surface area contributed by atoms with E-state index in [1.54, 1.807) is 12.1 Å². The Morgan fingerprint density at radius 1 is 1.70 bits per heavy atom. The average molecular weight is 135 g/mol. The van der Waals surface area contributed by atoms with E-state index in [0.29, 0.717) is 5.56 Å². The Morgan fingerprint density at radius 2 is 2.50 bits per heavy atom. The minimum Gasteiger partial charge on any atom is -0.390 e. The van der Waals surface area contributed by atoms with Gasteiger partial charge in [-0.15, -0.1) is 0 Å². The van der Waals surface area contributed by atoms with Crippen molar-refractivity contribution in [2.24, 2.45) is 5.90 Å². The van der Waals surface area contributed by atoms with Gasteiger partial charge in [-0.05, 0) is 12.1 Å². The number of hydrogen-bond donors (Lipinski definition) is 1. The lowest BCUT2D eigenvalue weighted by atomic mass is 10.3. The van der Waals surface area contributed by atoms with Gasteiger partial charge in [0.2, 0.25) is 0 Å². The van der Waals surface area contributed by atoms with Crippen LogP contribution in [0.1, 0.15) is 5.56 Å². The summed E-state index contributed by atoms with van der Waals surface area (Å²) >= 11 is 0. The van der Waals surface area contributed by atoms with Crippen LogP contribution in [0.25, 0.3) is 0 Å². The van der Waals surface area contributed by atoms with Crippen LogP contribution in [0.3, 0.4) is 0 Å². The predicted molar refractivity (Wildman–Crippen MR) is 33.8 cm³/mol. The first-order valence-electron chi connectivity index (χ1n) is 2.60. The zero-order valence-corrected chi connectivity index (χ0v) is 5.11. The van der Waals surface area contributed by atoms with Gasteiger partial charge in [-0.25, -0.2) is 4.98 Å². The summed E-state index contributed by atoms with van der Waals surface area (Å²) in [4.78, 5) is 8.00. The molecule has 1 aromatic heterocycles. The van der Waals surface area contributed by atoms with Gasteiger partial charge in [0, 0.05) is 6.20 Å². The molecule has 1 heterocycles. The standard InChI is InChI=1S/C6H5N3O/c7-4-5-2-1-3-9-6(5)10-8/h1-3H,8H2. The molecule has 10 heavy (non-hydrogen) atoms. The molecule has 1 rings (SSSR count). The molecule has 0 bridgehead atoms. The smallest absolute Gasteiger partial charge is 0.255 e. The van der Waals surface area contributed by atoms with Crippen LogP contribution < -0.4 is 10.7 Å². The highest BCUT2D eigenvalue weighted by Crippen LogP contribution is 2.09. The number of hydrogen-bond acceptors (Lipinski definition) is 4. The van der Waals surface area contributed by atoms with Gasteiger partial charge in [0.25, 0.3) is 5.88 Å². The zero-order chi connectivity index (χ0) is 7.40. The van der Waals surface area contributed by atoms with Crippen molar-refractivity contribution in [2.45, 2.75) is 0 Å². The third kappa shape index (κ3) is 1.04. The molecule has 2 N–H and O–H groups in total. The lowest BCUT2D eigenvalue weighted by molar-refractivity contribution is 0.319. The van der Waals surface area contributed by atoms with Crippen molar-refractivity contribution < 1.29 is 4.84 Å². The third-order valence-corrected chi connectivity index (χ3v) is 1.00. The maximum absolute atomic E-state index is 8.42. The molecule has 4 heteroatoms. The van der Waals surface area contributed by atoms with E-state index in [4.69, 9.17) is 11.2 Å². The van der Waals surface area contributed by atoms with E-state index in [9.17, 15) is 0 Å². The van der Waals surface area contributed by atoms with Gasteiger partial charge in [0.1, 0.15) is 11.6 Å². The van der Waals surface area contributed by atoms with E-state index in [2.05, 4.69) is 9.82 Å². The van der Waals surface area contributed by atoms with Crippen molar-refractivity contribution in [3.05, 3.63) is 23.9 Å². The summed E-state index contributed by atoms with van der Waals surface area (Å²) in [5.41, 5.74) is 0.338. The van der Waals surface area contributed by atoms with Crippen molar-refractivity contribution in [3.8, 4) is 11.9 Å². The molecule has 50 valence electrons. The highest BCUT2D eigenvalue weighted by molar-refractivity contribution is 5.36. The molecule has 0 fully saturated rings. The van der Waals surface area contributed by atoms with E-state index in [-0.39, 0.29) is 5.88 Å². The van der Waals surface area contributed by atoms with Crippen LogP contribution >= 0.6 is 0 Å². The molecule has 0 aliphatic heterocycles. The molecule has 0 aliphatic carbocycles. The minimum atomic E-state index is 0.157. The minimum absolute atomic E-state index is 0.157. The highest BCUT2D eigenvalue weighted by Gasteiger charge is 1.99. The largest absolute Gasteiger partial charge is 0.390 e. The predicted octanol–water partition coefficient (Wildman–Crippen LogP) is 0.206. The molecule has 0 saturated carbocycles. The van der Waals surface area contributed by atoms with Gasteiger partial charge in [0.15, 0.2) is 0 Å². The summed E-state index contributed by atoms with van der Waals surface area (Å²) in [5.74, 6) is 4.97. The lowest BCUT2D eigenvalue weighted by Gasteiger charge is -1.95. The second-order valence-electron chi connectivity index (χ2n) is 1.59. The Kier molecular flexibility index (Phi) is 1.83. The first-order chi connectivity index (χ1) is 4.88. The second kappa shape index (κ2) is 2.80. The van der Waals surface area contributed by atoms with Crippen molar-refractivity contribution >= 4 is 0 Å². The number of aromatic nitrogens is 1. The summed E-state index contributed by atoms with van der Waals surface area (Å²) in [5, 5.41) is 8.42. The van der Waals surface area contributed by atoms with Crippen LogP contribution in [0.15, 0.2) is 18.3 Å². The maximum atomic E-state index is 8.42. The number of nitriles is 1. The SMILES string of the molecule is N#Cc1cccnc1ON. The third-order valence-electron chi connectivity index (χ3n) is 1.00. The topological polar surface area (TPSA) is 71.9 Å². The zero-order valence-electron chi connectivity index (χ0n) is 5.11. The van der Waals surface area contributed by atoms with Crippen molar-refractivity contribution in [2.75, 3.05) is 0 Å².